The Morgan fingerprint density at radius 1 is 1.00 bits per heavy atom. The minimum absolute atomic E-state index is 0.0304. The van der Waals surface area contributed by atoms with Gasteiger partial charge in [0.1, 0.15) is 0 Å². The molecule has 1 saturated heterocycles. The van der Waals surface area contributed by atoms with E-state index in [1.165, 1.54) is 49.5 Å². The Balaban J connectivity index is 1.26. The van der Waals surface area contributed by atoms with Gasteiger partial charge in [0.25, 0.3) is 5.56 Å². The monoisotopic (exact) mass is 452 g/mol. The predicted octanol–water partition coefficient (Wildman–Crippen LogP) is 1.52. The molecule has 1 aliphatic rings. The third-order valence-electron chi connectivity index (χ3n) is 6.39. The number of carbonyl (C=O) groups is 1. The second-order valence-corrected chi connectivity index (χ2v) is 8.85. The lowest BCUT2D eigenvalue weighted by atomic mass is 10.1. The zero-order valence-electron chi connectivity index (χ0n) is 19.4. The molecule has 0 aliphatic carbocycles. The number of aromatic nitrogens is 4. The van der Waals surface area contributed by atoms with Gasteiger partial charge < -0.3 is 9.88 Å². The van der Waals surface area contributed by atoms with Crippen LogP contribution in [-0.4, -0.2) is 42.6 Å². The van der Waals surface area contributed by atoms with Crippen molar-refractivity contribution in [3.8, 4) is 0 Å². The van der Waals surface area contributed by atoms with Gasteiger partial charge in [0.15, 0.2) is 11.2 Å². The van der Waals surface area contributed by atoms with Crippen molar-refractivity contribution in [2.24, 2.45) is 14.1 Å². The lowest BCUT2D eigenvalue weighted by Gasteiger charge is -2.26. The molecule has 3 aromatic rings. The Labute approximate surface area is 192 Å². The van der Waals surface area contributed by atoms with Gasteiger partial charge in [-0.3, -0.25) is 23.6 Å². The van der Waals surface area contributed by atoms with Crippen molar-refractivity contribution >= 4 is 17.1 Å². The largest absolute Gasteiger partial charge is 0.352 e. The summed E-state index contributed by atoms with van der Waals surface area (Å²) in [6.45, 7) is 4.33. The van der Waals surface area contributed by atoms with Gasteiger partial charge >= 0.3 is 5.69 Å². The van der Waals surface area contributed by atoms with Crippen molar-refractivity contribution in [1.29, 1.82) is 0 Å². The van der Waals surface area contributed by atoms with E-state index < -0.39 is 5.69 Å². The van der Waals surface area contributed by atoms with Crippen LogP contribution in [0, 0.1) is 0 Å². The first-order chi connectivity index (χ1) is 15.9. The zero-order chi connectivity index (χ0) is 23.4. The summed E-state index contributed by atoms with van der Waals surface area (Å²) in [6.07, 6.45) is 6.38. The van der Waals surface area contributed by atoms with Crippen molar-refractivity contribution in [1.82, 2.24) is 28.9 Å². The molecule has 1 amide bonds. The van der Waals surface area contributed by atoms with Crippen molar-refractivity contribution in [3.63, 3.8) is 0 Å². The summed E-state index contributed by atoms with van der Waals surface area (Å²) in [7, 11) is 3.05. The second kappa shape index (κ2) is 10.2. The molecule has 0 spiro atoms. The summed E-state index contributed by atoms with van der Waals surface area (Å²) < 4.78 is 4.15. The number of imidazole rings is 1. The number of nitrogens with one attached hydrogen (secondary N) is 1. The van der Waals surface area contributed by atoms with Gasteiger partial charge in [-0.15, -0.1) is 0 Å². The van der Waals surface area contributed by atoms with E-state index in [4.69, 9.17) is 0 Å². The van der Waals surface area contributed by atoms with E-state index >= 15 is 0 Å². The van der Waals surface area contributed by atoms with Crippen molar-refractivity contribution in [3.05, 3.63) is 62.6 Å². The maximum atomic E-state index is 12.5. The Bertz CT molecular complexity index is 1230. The Morgan fingerprint density at radius 3 is 2.42 bits per heavy atom. The second-order valence-electron chi connectivity index (χ2n) is 8.85. The number of hydrogen-bond donors (Lipinski definition) is 1. The number of likely N-dealkylation sites (tertiary alicyclic amines) is 1. The van der Waals surface area contributed by atoms with E-state index in [1.807, 2.05) is 0 Å². The van der Waals surface area contributed by atoms with Crippen molar-refractivity contribution < 1.29 is 4.79 Å². The highest BCUT2D eigenvalue weighted by Gasteiger charge is 2.14. The molecule has 33 heavy (non-hydrogen) atoms. The zero-order valence-corrected chi connectivity index (χ0v) is 19.4. The number of piperidine rings is 1. The van der Waals surface area contributed by atoms with Crippen LogP contribution in [0.15, 0.2) is 40.2 Å². The van der Waals surface area contributed by atoms with Crippen molar-refractivity contribution in [2.45, 2.75) is 51.7 Å². The topological polar surface area (TPSA) is 94.2 Å². The van der Waals surface area contributed by atoms with Gasteiger partial charge in [0.2, 0.25) is 5.91 Å². The van der Waals surface area contributed by atoms with E-state index in [0.29, 0.717) is 37.1 Å². The molecule has 1 aliphatic heterocycles. The first-order valence-electron chi connectivity index (χ1n) is 11.6. The lowest BCUT2D eigenvalue weighted by molar-refractivity contribution is -0.121. The molecular weight excluding hydrogens is 420 g/mol. The van der Waals surface area contributed by atoms with Crippen LogP contribution < -0.4 is 16.6 Å². The summed E-state index contributed by atoms with van der Waals surface area (Å²) in [4.78, 5) is 43.5. The molecule has 4 rings (SSSR count). The first kappa shape index (κ1) is 23.0. The minimum Gasteiger partial charge on any atom is -0.352 e. The molecule has 0 unspecified atom stereocenters. The van der Waals surface area contributed by atoms with Gasteiger partial charge in [-0.05, 0) is 43.5 Å². The van der Waals surface area contributed by atoms with Crippen LogP contribution in [0.4, 0.5) is 0 Å². The molecule has 9 heteroatoms. The minimum atomic E-state index is -0.406. The van der Waals surface area contributed by atoms with Gasteiger partial charge in [0.05, 0.1) is 6.33 Å². The highest BCUT2D eigenvalue weighted by molar-refractivity contribution is 5.75. The molecule has 1 aromatic carbocycles. The highest BCUT2D eigenvalue weighted by Crippen LogP contribution is 2.14. The molecule has 3 heterocycles. The quantitative estimate of drug-likeness (QED) is 0.559. The van der Waals surface area contributed by atoms with Gasteiger partial charge in [-0.25, -0.2) is 9.78 Å². The van der Waals surface area contributed by atoms with E-state index in [9.17, 15) is 14.4 Å². The Morgan fingerprint density at radius 2 is 1.70 bits per heavy atom. The normalized spacial score (nSPS) is 14.6. The van der Waals surface area contributed by atoms with Gasteiger partial charge in [-0.1, -0.05) is 30.7 Å². The average molecular weight is 453 g/mol. The fourth-order valence-electron chi connectivity index (χ4n) is 4.40. The van der Waals surface area contributed by atoms with Crippen LogP contribution in [0.25, 0.3) is 11.2 Å². The number of nitrogens with zero attached hydrogens (tertiary/aromatic N) is 5. The predicted molar refractivity (Wildman–Crippen MR) is 127 cm³/mol. The standard InChI is InChI=1S/C24H32N6O3/c1-27-22-21(23(32)28(2)24(27)33)30(17-26-22)14-6-7-20(31)25-15-18-8-10-19(11-9-18)16-29-12-4-3-5-13-29/h8-11,17H,3-7,12-16H2,1-2H3,(H,25,31). The summed E-state index contributed by atoms with van der Waals surface area (Å²) in [6, 6.07) is 8.45. The van der Waals surface area contributed by atoms with Crippen LogP contribution in [0.2, 0.25) is 0 Å². The SMILES string of the molecule is Cn1c(=O)c2c(ncn2CCCC(=O)NCc2ccc(CN3CCCCC3)cc2)n(C)c1=O. The first-order valence-corrected chi connectivity index (χ1v) is 11.6. The lowest BCUT2D eigenvalue weighted by Crippen LogP contribution is -2.37. The van der Waals surface area contributed by atoms with Crippen LogP contribution in [-0.2, 0) is 38.5 Å². The summed E-state index contributed by atoms with van der Waals surface area (Å²) >= 11 is 0. The fourth-order valence-corrected chi connectivity index (χ4v) is 4.40. The molecule has 0 bridgehead atoms. The van der Waals surface area contributed by atoms with Gasteiger partial charge in [-0.2, -0.15) is 0 Å². The average Bonchev–Trinajstić information content (AvgIpc) is 3.26. The van der Waals surface area contributed by atoms with E-state index in [-0.39, 0.29) is 11.5 Å². The third kappa shape index (κ3) is 5.24. The Kier molecular flexibility index (Phi) is 7.08. The van der Waals surface area contributed by atoms with Crippen LogP contribution >= 0.6 is 0 Å². The molecule has 2 aromatic heterocycles. The van der Waals surface area contributed by atoms with Crippen LogP contribution in [0.1, 0.15) is 43.2 Å². The fraction of sp³-hybridized carbons (Fsp3) is 0.500. The molecular formula is C24H32N6O3. The highest BCUT2D eigenvalue weighted by atomic mass is 16.2. The smallest absolute Gasteiger partial charge is 0.332 e. The molecule has 1 fully saturated rings. The Hall–Kier alpha value is -3.20. The summed E-state index contributed by atoms with van der Waals surface area (Å²) in [5.41, 5.74) is 2.34. The number of hydrogen-bond acceptors (Lipinski definition) is 5. The van der Waals surface area contributed by atoms with Crippen LogP contribution in [0.5, 0.6) is 0 Å². The molecule has 9 nitrogen and oxygen atoms in total. The molecule has 176 valence electrons. The number of benzene rings is 1. The molecule has 0 radical (unpaired) electrons. The number of aryl methyl sites for hydroxylation is 2. The number of carbonyl (C=O) groups excluding carboxylic acids is 1. The summed E-state index contributed by atoms with van der Waals surface area (Å²) in [5.74, 6) is -0.0304. The maximum Gasteiger partial charge on any atom is 0.332 e. The number of fused-ring (bicyclic) bond motifs is 1. The van der Waals surface area contributed by atoms with Crippen molar-refractivity contribution in [2.75, 3.05) is 13.1 Å². The third-order valence-corrected chi connectivity index (χ3v) is 6.39. The molecule has 1 N–H and O–H groups in total. The number of amides is 1. The number of rotatable bonds is 8. The van der Waals surface area contributed by atoms with E-state index in [1.54, 1.807) is 17.9 Å². The molecule has 0 saturated carbocycles. The maximum absolute atomic E-state index is 12.5. The van der Waals surface area contributed by atoms with Crippen LogP contribution in [0.3, 0.4) is 0 Å². The van der Waals surface area contributed by atoms with E-state index in [2.05, 4.69) is 39.5 Å². The molecule has 0 atom stereocenters. The summed E-state index contributed by atoms with van der Waals surface area (Å²) in [5, 5.41) is 2.97. The van der Waals surface area contributed by atoms with Gasteiger partial charge in [0, 0.05) is 40.2 Å². The van der Waals surface area contributed by atoms with E-state index in [0.717, 1.165) is 16.7 Å².